The minimum absolute atomic E-state index is 0.197. The Morgan fingerprint density at radius 1 is 0.500 bits per heavy atom. The molecule has 0 saturated carbocycles. The number of hydrogen-bond acceptors (Lipinski definition) is 7. The Morgan fingerprint density at radius 2 is 0.905 bits per heavy atom. The summed E-state index contributed by atoms with van der Waals surface area (Å²) in [6.07, 6.45) is -0.939. The molecule has 4 aromatic carbocycles. The van der Waals surface area contributed by atoms with E-state index in [0.717, 1.165) is 66.8 Å². The van der Waals surface area contributed by atoms with Crippen molar-refractivity contribution in [3.8, 4) is 0 Å². The van der Waals surface area contributed by atoms with Crippen LogP contribution in [0.4, 0.5) is 0 Å². The third-order valence-corrected chi connectivity index (χ3v) is 8.94. The van der Waals surface area contributed by atoms with Crippen LogP contribution in [-0.4, -0.2) is 28.2 Å². The van der Waals surface area contributed by atoms with Crippen molar-refractivity contribution >= 4 is 22.4 Å². The van der Waals surface area contributed by atoms with Gasteiger partial charge in [-0.3, -0.25) is 4.90 Å². The molecule has 2 N–H and O–H groups in total. The normalized spacial score (nSPS) is 27.6. The van der Waals surface area contributed by atoms with Crippen molar-refractivity contribution in [2.75, 3.05) is 7.05 Å². The third kappa shape index (κ3) is 3.27. The molecule has 8 heteroatoms. The van der Waals surface area contributed by atoms with E-state index in [4.69, 9.17) is 20.0 Å². The summed E-state index contributed by atoms with van der Waals surface area (Å²) < 4.78 is 2.11. The highest BCUT2D eigenvalue weighted by Gasteiger charge is 2.39. The fourth-order valence-electron chi connectivity index (χ4n) is 6.90. The Bertz CT molecular complexity index is 1980. The molecule has 42 heavy (non-hydrogen) atoms. The van der Waals surface area contributed by atoms with Crippen LogP contribution in [0, 0.1) is 0 Å². The van der Waals surface area contributed by atoms with Crippen molar-refractivity contribution in [1.29, 1.82) is 0 Å². The van der Waals surface area contributed by atoms with E-state index in [-0.39, 0.29) is 24.7 Å². The zero-order valence-corrected chi connectivity index (χ0v) is 23.2. The molecule has 0 saturated heterocycles. The second kappa shape index (κ2) is 8.71. The predicted octanol–water partition coefficient (Wildman–Crippen LogP) is 4.17. The van der Waals surface area contributed by atoms with E-state index in [2.05, 4.69) is 131 Å². The largest absolute Gasteiger partial charge is 0.344 e. The highest BCUT2D eigenvalue weighted by Crippen LogP contribution is 2.44. The van der Waals surface area contributed by atoms with Gasteiger partial charge in [0.2, 0.25) is 0 Å². The monoisotopic (exact) mass is 548 g/mol. The van der Waals surface area contributed by atoms with Crippen LogP contribution in [0.3, 0.4) is 0 Å². The maximum Gasteiger partial charge on any atom is 0.148 e. The molecule has 204 valence electrons. The van der Waals surface area contributed by atoms with E-state index in [1.165, 1.54) is 0 Å². The lowest BCUT2D eigenvalue weighted by atomic mass is 10.1. The number of hydrogen-bond donors (Lipinski definition) is 2. The van der Waals surface area contributed by atoms with Crippen LogP contribution in [0.5, 0.6) is 0 Å². The van der Waals surface area contributed by atoms with E-state index in [1.807, 2.05) is 0 Å². The summed E-state index contributed by atoms with van der Waals surface area (Å²) in [4.78, 5) is 23.6. The number of nitrogens with zero attached hydrogens (tertiary/aromatic N) is 6. The zero-order chi connectivity index (χ0) is 27.9. The van der Waals surface area contributed by atoms with Crippen LogP contribution < -0.4 is 21.6 Å². The standard InChI is InChI=1S/C34H28N8/c1-41-31-23-15-7-8-16-24(23)32(41)38-28-20-12-4-6-14-22(20)30(36-28)40-34-26-18-10-9-17-25(26)33(42(34)2)39-29-21-13-5-3-11-19(21)27(35-29)37-31/h3-18,27-28,33-34H,1-2H3,(H,35,39)(H,36,40)/b37-31-,38-32-. The van der Waals surface area contributed by atoms with Gasteiger partial charge in [0.05, 0.1) is 0 Å². The Balaban J connectivity index is 1.37. The van der Waals surface area contributed by atoms with E-state index in [9.17, 15) is 0 Å². The number of aromatic nitrogens is 1. The van der Waals surface area contributed by atoms with Crippen molar-refractivity contribution in [3.05, 3.63) is 141 Å². The van der Waals surface area contributed by atoms with Crippen LogP contribution in [0.1, 0.15) is 58.0 Å². The van der Waals surface area contributed by atoms with Gasteiger partial charge in [-0.15, -0.1) is 0 Å². The minimum atomic E-state index is -0.273. The number of fused-ring (bicyclic) bond motifs is 20. The maximum absolute atomic E-state index is 5.35. The number of nitrogens with one attached hydrogen (secondary N) is 2. The van der Waals surface area contributed by atoms with Crippen molar-refractivity contribution < 1.29 is 0 Å². The average Bonchev–Trinajstić information content (AvgIpc) is 3.71. The summed E-state index contributed by atoms with van der Waals surface area (Å²) >= 11 is 0. The summed E-state index contributed by atoms with van der Waals surface area (Å²) in [5.41, 5.74) is 8.48. The fraction of sp³-hybridized carbons (Fsp3) is 0.176. The Hall–Kier alpha value is -5.08. The molecule has 5 aromatic rings. The molecule has 4 unspecified atom stereocenters. The number of amidine groups is 2. The van der Waals surface area contributed by atoms with Gasteiger partial charge in [-0.25, -0.2) is 20.0 Å². The lowest BCUT2D eigenvalue weighted by molar-refractivity contribution is 0.217. The molecular formula is C34H28N8. The molecule has 0 aliphatic carbocycles. The molecule has 0 fully saturated rings. The van der Waals surface area contributed by atoms with Gasteiger partial charge >= 0.3 is 0 Å². The predicted molar refractivity (Wildman–Crippen MR) is 163 cm³/mol. The molecule has 1 aromatic heterocycles. The maximum atomic E-state index is 5.35. The average molecular weight is 549 g/mol. The first-order chi connectivity index (χ1) is 20.7. The lowest BCUT2D eigenvalue weighted by Gasteiger charge is -2.22. The van der Waals surface area contributed by atoms with Crippen LogP contribution in [-0.2, 0) is 7.05 Å². The van der Waals surface area contributed by atoms with Crippen LogP contribution in [0.15, 0.2) is 117 Å². The topological polar surface area (TPSA) is 81.7 Å². The quantitative estimate of drug-likeness (QED) is 0.305. The van der Waals surface area contributed by atoms with E-state index in [1.54, 1.807) is 0 Å². The molecule has 4 aliphatic heterocycles. The number of benzene rings is 4. The molecular weight excluding hydrogens is 520 g/mol. The zero-order valence-electron chi connectivity index (χ0n) is 23.2. The van der Waals surface area contributed by atoms with Gasteiger partial charge in [-0.05, 0) is 18.2 Å². The highest BCUT2D eigenvalue weighted by atomic mass is 15.4. The molecule has 9 rings (SSSR count). The van der Waals surface area contributed by atoms with Crippen molar-refractivity contribution in [2.45, 2.75) is 24.7 Å². The second-order valence-corrected chi connectivity index (χ2v) is 11.3. The molecule has 0 spiro atoms. The molecule has 0 amide bonds. The fourth-order valence-corrected chi connectivity index (χ4v) is 6.90. The van der Waals surface area contributed by atoms with Gasteiger partial charge in [-0.2, -0.15) is 0 Å². The SMILES string of the molecule is CN1C2/N=C3\NC(/N=c4/c5ccccc5/c(n4C)=N/C4N/C(=N\C1c1ccccc12)c1ccccc14)c1ccccc13. The number of rotatable bonds is 0. The Morgan fingerprint density at radius 3 is 1.38 bits per heavy atom. The first-order valence-corrected chi connectivity index (χ1v) is 14.3. The van der Waals surface area contributed by atoms with Gasteiger partial charge in [0.15, 0.2) is 0 Å². The van der Waals surface area contributed by atoms with Crippen molar-refractivity contribution in [1.82, 2.24) is 20.1 Å². The summed E-state index contributed by atoms with van der Waals surface area (Å²) in [6, 6.07) is 33.7. The summed E-state index contributed by atoms with van der Waals surface area (Å²) in [6.45, 7) is 0. The number of aliphatic imine (C=N–C) groups is 2. The van der Waals surface area contributed by atoms with E-state index < -0.39 is 0 Å². The van der Waals surface area contributed by atoms with Gasteiger partial charge in [0.25, 0.3) is 0 Å². The second-order valence-electron chi connectivity index (χ2n) is 11.3. The van der Waals surface area contributed by atoms with Gasteiger partial charge in [0.1, 0.15) is 47.3 Å². The Kier molecular flexibility index (Phi) is 4.90. The van der Waals surface area contributed by atoms with Gasteiger partial charge < -0.3 is 15.2 Å². The first kappa shape index (κ1) is 23.6. The first-order valence-electron chi connectivity index (χ1n) is 14.3. The molecule has 8 bridgehead atoms. The minimum Gasteiger partial charge on any atom is -0.344 e. The van der Waals surface area contributed by atoms with Crippen LogP contribution in [0.2, 0.25) is 0 Å². The van der Waals surface area contributed by atoms with Crippen LogP contribution >= 0.6 is 0 Å². The van der Waals surface area contributed by atoms with Gasteiger partial charge in [0, 0.05) is 40.1 Å². The lowest BCUT2D eigenvalue weighted by Crippen LogP contribution is -2.30. The summed E-state index contributed by atoms with van der Waals surface area (Å²) in [5.74, 6) is 1.69. The van der Waals surface area contributed by atoms with Crippen molar-refractivity contribution in [3.63, 3.8) is 0 Å². The Labute approximate surface area is 242 Å². The molecule has 0 radical (unpaired) electrons. The third-order valence-electron chi connectivity index (χ3n) is 8.94. The van der Waals surface area contributed by atoms with E-state index >= 15 is 0 Å². The molecule has 5 heterocycles. The summed E-state index contributed by atoms with van der Waals surface area (Å²) in [7, 11) is 4.16. The summed E-state index contributed by atoms with van der Waals surface area (Å²) in [5, 5.41) is 9.48. The van der Waals surface area contributed by atoms with Crippen LogP contribution in [0.25, 0.3) is 10.8 Å². The molecule has 4 aliphatic rings. The molecule has 4 atom stereocenters. The highest BCUT2D eigenvalue weighted by molar-refractivity contribution is 6.04. The smallest absolute Gasteiger partial charge is 0.148 e. The van der Waals surface area contributed by atoms with Crippen molar-refractivity contribution in [2.24, 2.45) is 27.0 Å². The molecule has 8 nitrogen and oxygen atoms in total. The van der Waals surface area contributed by atoms with Gasteiger partial charge in [-0.1, -0.05) is 97.1 Å². The van der Waals surface area contributed by atoms with E-state index in [0.29, 0.717) is 0 Å².